The Labute approximate surface area is 107 Å². The molecule has 0 aliphatic heterocycles. The topological polar surface area (TPSA) is 38.7 Å². The molecule has 5 heteroatoms. The van der Waals surface area contributed by atoms with Gasteiger partial charge in [0.2, 0.25) is 0 Å². The van der Waals surface area contributed by atoms with Gasteiger partial charge in [0.1, 0.15) is 10.4 Å². The molecule has 0 aliphatic rings. The maximum absolute atomic E-state index is 4.52. The molecule has 2 rings (SSSR count). The van der Waals surface area contributed by atoms with Crippen LogP contribution in [0.4, 0.5) is 0 Å². The van der Waals surface area contributed by atoms with Gasteiger partial charge in [-0.1, -0.05) is 6.92 Å². The zero-order chi connectivity index (χ0) is 11.4. The second kappa shape index (κ2) is 5.50. The van der Waals surface area contributed by atoms with Crippen LogP contribution >= 0.6 is 27.3 Å². The first-order valence-electron chi connectivity index (χ1n) is 5.18. The van der Waals surface area contributed by atoms with E-state index >= 15 is 0 Å². The molecule has 3 nitrogen and oxygen atoms in total. The van der Waals surface area contributed by atoms with Gasteiger partial charge in [-0.15, -0.1) is 11.3 Å². The molecule has 0 fully saturated rings. The number of hydrogen-bond acceptors (Lipinski definition) is 4. The molecule has 0 amide bonds. The molecule has 16 heavy (non-hydrogen) atoms. The Hall–Kier alpha value is -0.810. The molecule has 2 heterocycles. The maximum Gasteiger partial charge on any atom is 0.129 e. The van der Waals surface area contributed by atoms with Gasteiger partial charge in [0.15, 0.2) is 0 Å². The molecule has 0 unspecified atom stereocenters. The fraction of sp³-hybridized carbons (Fsp3) is 0.364. The van der Waals surface area contributed by atoms with Crippen LogP contribution < -0.4 is 0 Å². The van der Waals surface area contributed by atoms with E-state index in [0.717, 1.165) is 40.4 Å². The van der Waals surface area contributed by atoms with Gasteiger partial charge < -0.3 is 0 Å². The molecule has 0 radical (unpaired) electrons. The highest BCUT2D eigenvalue weighted by molar-refractivity contribution is 9.10. The standard InChI is InChI=1S/C11H12BrN3S/c1-2-3-10-14-8(6-9(12)15-10)7-11-13-4-5-16-11/h4-6H,2-3,7H2,1H3. The van der Waals surface area contributed by atoms with Crippen LogP contribution in [0.5, 0.6) is 0 Å². The summed E-state index contributed by atoms with van der Waals surface area (Å²) in [6, 6.07) is 1.96. The molecule has 0 bridgehead atoms. The summed E-state index contributed by atoms with van der Waals surface area (Å²) in [6.07, 6.45) is 4.59. The number of aromatic nitrogens is 3. The van der Waals surface area contributed by atoms with Gasteiger partial charge in [-0.2, -0.15) is 0 Å². The van der Waals surface area contributed by atoms with E-state index in [1.165, 1.54) is 0 Å². The number of aryl methyl sites for hydroxylation is 1. The SMILES string of the molecule is CCCc1nc(Br)cc(Cc2nccs2)n1. The Morgan fingerprint density at radius 1 is 1.38 bits per heavy atom. The third-order valence-electron chi connectivity index (χ3n) is 2.08. The lowest BCUT2D eigenvalue weighted by Crippen LogP contribution is -2.00. The maximum atomic E-state index is 4.52. The highest BCUT2D eigenvalue weighted by Crippen LogP contribution is 2.14. The predicted octanol–water partition coefficient (Wildman–Crippen LogP) is 3.24. The molecule has 0 aliphatic carbocycles. The zero-order valence-electron chi connectivity index (χ0n) is 8.98. The smallest absolute Gasteiger partial charge is 0.129 e. The Balaban J connectivity index is 2.20. The third-order valence-corrected chi connectivity index (χ3v) is 3.27. The molecule has 2 aromatic heterocycles. The summed E-state index contributed by atoms with van der Waals surface area (Å²) in [6.45, 7) is 2.13. The first-order chi connectivity index (χ1) is 7.78. The lowest BCUT2D eigenvalue weighted by molar-refractivity contribution is 0.810. The highest BCUT2D eigenvalue weighted by atomic mass is 79.9. The van der Waals surface area contributed by atoms with Crippen molar-refractivity contribution >= 4 is 27.3 Å². The third kappa shape index (κ3) is 3.09. The van der Waals surface area contributed by atoms with Crippen molar-refractivity contribution in [1.29, 1.82) is 0 Å². The number of halogens is 1. The van der Waals surface area contributed by atoms with E-state index in [2.05, 4.69) is 37.8 Å². The molecular formula is C11H12BrN3S. The van der Waals surface area contributed by atoms with E-state index in [0.29, 0.717) is 0 Å². The van der Waals surface area contributed by atoms with Gasteiger partial charge in [0.05, 0.1) is 10.7 Å². The summed E-state index contributed by atoms with van der Waals surface area (Å²) >= 11 is 5.07. The van der Waals surface area contributed by atoms with Gasteiger partial charge in [-0.25, -0.2) is 15.0 Å². The molecule has 84 valence electrons. The summed E-state index contributed by atoms with van der Waals surface area (Å²) in [4.78, 5) is 13.1. The Bertz CT molecular complexity index is 456. The van der Waals surface area contributed by atoms with Crippen molar-refractivity contribution in [3.05, 3.63) is 38.8 Å². The number of nitrogens with zero attached hydrogens (tertiary/aromatic N) is 3. The Kier molecular flexibility index (Phi) is 4.01. The van der Waals surface area contributed by atoms with E-state index in [9.17, 15) is 0 Å². The van der Waals surface area contributed by atoms with Crippen molar-refractivity contribution in [2.24, 2.45) is 0 Å². The van der Waals surface area contributed by atoms with Crippen molar-refractivity contribution in [3.8, 4) is 0 Å². The van der Waals surface area contributed by atoms with Gasteiger partial charge >= 0.3 is 0 Å². The number of hydrogen-bond donors (Lipinski definition) is 0. The van der Waals surface area contributed by atoms with Crippen molar-refractivity contribution < 1.29 is 0 Å². The van der Waals surface area contributed by atoms with Crippen LogP contribution in [0.2, 0.25) is 0 Å². The fourth-order valence-electron chi connectivity index (χ4n) is 1.44. The van der Waals surface area contributed by atoms with Crippen LogP contribution in [0.15, 0.2) is 22.2 Å². The molecule has 0 saturated heterocycles. The first kappa shape index (κ1) is 11.7. The van der Waals surface area contributed by atoms with Crippen molar-refractivity contribution in [1.82, 2.24) is 15.0 Å². The Morgan fingerprint density at radius 3 is 2.94 bits per heavy atom. The molecule has 0 atom stereocenters. The minimum Gasteiger partial charge on any atom is -0.249 e. The normalized spacial score (nSPS) is 10.6. The molecule has 0 spiro atoms. The molecule has 2 aromatic rings. The van der Waals surface area contributed by atoms with Crippen molar-refractivity contribution in [3.63, 3.8) is 0 Å². The van der Waals surface area contributed by atoms with Gasteiger partial charge in [0, 0.05) is 24.4 Å². The van der Waals surface area contributed by atoms with Gasteiger partial charge in [-0.3, -0.25) is 0 Å². The predicted molar refractivity (Wildman–Crippen MR) is 68.6 cm³/mol. The molecule has 0 N–H and O–H groups in total. The van der Waals surface area contributed by atoms with Crippen LogP contribution in [0.1, 0.15) is 29.9 Å². The van der Waals surface area contributed by atoms with Crippen molar-refractivity contribution in [2.45, 2.75) is 26.2 Å². The van der Waals surface area contributed by atoms with E-state index in [1.807, 2.05) is 17.6 Å². The average Bonchev–Trinajstić information content (AvgIpc) is 2.70. The van der Waals surface area contributed by atoms with E-state index in [1.54, 1.807) is 11.3 Å². The zero-order valence-corrected chi connectivity index (χ0v) is 11.4. The molecule has 0 aromatic carbocycles. The quantitative estimate of drug-likeness (QED) is 0.813. The van der Waals surface area contributed by atoms with Crippen LogP contribution in [-0.2, 0) is 12.8 Å². The lowest BCUT2D eigenvalue weighted by atomic mass is 10.3. The van der Waals surface area contributed by atoms with Crippen LogP contribution in [0.25, 0.3) is 0 Å². The van der Waals surface area contributed by atoms with Crippen LogP contribution in [0, 0.1) is 0 Å². The second-order valence-electron chi connectivity index (χ2n) is 3.45. The van der Waals surface area contributed by atoms with Crippen LogP contribution in [-0.4, -0.2) is 15.0 Å². The molecular weight excluding hydrogens is 286 g/mol. The fourth-order valence-corrected chi connectivity index (χ4v) is 2.54. The monoisotopic (exact) mass is 297 g/mol. The minimum absolute atomic E-state index is 0.787. The van der Waals surface area contributed by atoms with Crippen molar-refractivity contribution in [2.75, 3.05) is 0 Å². The summed E-state index contributed by atoms with van der Waals surface area (Å²) < 4.78 is 0.859. The number of rotatable bonds is 4. The van der Waals surface area contributed by atoms with E-state index in [4.69, 9.17) is 0 Å². The van der Waals surface area contributed by atoms with E-state index < -0.39 is 0 Å². The van der Waals surface area contributed by atoms with Gasteiger partial charge in [0.25, 0.3) is 0 Å². The summed E-state index contributed by atoms with van der Waals surface area (Å²) in [5.41, 5.74) is 1.03. The van der Waals surface area contributed by atoms with Gasteiger partial charge in [-0.05, 0) is 28.4 Å². The highest BCUT2D eigenvalue weighted by Gasteiger charge is 2.05. The summed E-state index contributed by atoms with van der Waals surface area (Å²) in [5, 5.41) is 3.08. The lowest BCUT2D eigenvalue weighted by Gasteiger charge is -2.02. The first-order valence-corrected chi connectivity index (χ1v) is 6.86. The minimum atomic E-state index is 0.787. The second-order valence-corrected chi connectivity index (χ2v) is 5.24. The Morgan fingerprint density at radius 2 is 2.25 bits per heavy atom. The molecule has 0 saturated carbocycles. The van der Waals surface area contributed by atoms with E-state index in [-0.39, 0.29) is 0 Å². The summed E-state index contributed by atoms with van der Waals surface area (Å²) in [5.74, 6) is 0.906. The number of thiazole rings is 1. The summed E-state index contributed by atoms with van der Waals surface area (Å²) in [7, 11) is 0. The van der Waals surface area contributed by atoms with Crippen LogP contribution in [0.3, 0.4) is 0 Å². The average molecular weight is 298 g/mol. The largest absolute Gasteiger partial charge is 0.249 e.